The number of rotatable bonds is 4. The molecule has 4 nitrogen and oxygen atoms in total. The third-order valence-electron chi connectivity index (χ3n) is 4.73. The number of ether oxygens (including phenoxy) is 1. The number of carbonyl (C=O) groups excluding carboxylic acids is 1. The Bertz CT molecular complexity index is 792. The molecule has 2 heterocycles. The standard InChI is InChI=1S/C22H30N2O2S/c1-5-6-17-13-18-15-23-10-7-16(18)14-20(17)27-19-8-11-24(12-9-19)21(25)26-22(2,3)4/h7,10,13-15,19H,5-6,8-9,11-12H2,1-4H3. The maximum absolute atomic E-state index is 12.3. The zero-order valence-corrected chi connectivity index (χ0v) is 17.6. The molecule has 1 aliphatic rings. The molecule has 0 N–H and O–H groups in total. The Morgan fingerprint density at radius 1 is 1.26 bits per heavy atom. The van der Waals surface area contributed by atoms with Gasteiger partial charge in [-0.25, -0.2) is 4.79 Å². The number of hydrogen-bond donors (Lipinski definition) is 0. The van der Waals surface area contributed by atoms with Gasteiger partial charge in [0.25, 0.3) is 0 Å². The number of likely N-dealkylation sites (tertiary alicyclic amines) is 1. The Morgan fingerprint density at radius 2 is 2.00 bits per heavy atom. The number of aromatic nitrogens is 1. The number of piperidine rings is 1. The number of pyridine rings is 1. The molecule has 146 valence electrons. The lowest BCUT2D eigenvalue weighted by Gasteiger charge is -2.33. The van der Waals surface area contributed by atoms with E-state index in [-0.39, 0.29) is 6.09 Å². The molecule has 1 amide bonds. The Balaban J connectivity index is 1.66. The zero-order valence-electron chi connectivity index (χ0n) is 16.8. The van der Waals surface area contributed by atoms with E-state index < -0.39 is 5.60 Å². The summed E-state index contributed by atoms with van der Waals surface area (Å²) >= 11 is 1.97. The van der Waals surface area contributed by atoms with Crippen molar-refractivity contribution in [2.75, 3.05) is 13.1 Å². The number of thioether (sulfide) groups is 1. The first-order valence-corrected chi connectivity index (χ1v) is 10.7. The minimum absolute atomic E-state index is 0.184. The number of carbonyl (C=O) groups is 1. The molecule has 0 atom stereocenters. The summed E-state index contributed by atoms with van der Waals surface area (Å²) in [6, 6.07) is 6.69. The molecule has 0 radical (unpaired) electrons. The summed E-state index contributed by atoms with van der Waals surface area (Å²) in [5.41, 5.74) is 0.982. The van der Waals surface area contributed by atoms with Gasteiger partial charge in [0, 0.05) is 41.0 Å². The van der Waals surface area contributed by atoms with Gasteiger partial charge in [-0.05, 0) is 69.2 Å². The van der Waals surface area contributed by atoms with Gasteiger partial charge in [-0.1, -0.05) is 13.3 Å². The quantitative estimate of drug-likeness (QED) is 0.678. The summed E-state index contributed by atoms with van der Waals surface area (Å²) in [6.45, 7) is 9.51. The molecule has 0 spiro atoms. The fraction of sp³-hybridized carbons (Fsp3) is 0.545. The van der Waals surface area contributed by atoms with Crippen LogP contribution in [0.2, 0.25) is 0 Å². The van der Waals surface area contributed by atoms with Crippen LogP contribution in [0.4, 0.5) is 4.79 Å². The van der Waals surface area contributed by atoms with Gasteiger partial charge in [-0.15, -0.1) is 11.8 Å². The Kier molecular flexibility index (Phi) is 6.30. The highest BCUT2D eigenvalue weighted by atomic mass is 32.2. The van der Waals surface area contributed by atoms with Gasteiger partial charge in [0.15, 0.2) is 0 Å². The molecule has 1 aromatic heterocycles. The minimum Gasteiger partial charge on any atom is -0.444 e. The van der Waals surface area contributed by atoms with Crippen LogP contribution in [-0.4, -0.2) is 39.9 Å². The molecule has 27 heavy (non-hydrogen) atoms. The number of fused-ring (bicyclic) bond motifs is 1. The molecule has 2 aromatic rings. The molecule has 1 aromatic carbocycles. The van der Waals surface area contributed by atoms with Crippen LogP contribution in [0.25, 0.3) is 10.8 Å². The molecule has 0 aliphatic carbocycles. The van der Waals surface area contributed by atoms with Gasteiger partial charge in [0.2, 0.25) is 0 Å². The summed E-state index contributed by atoms with van der Waals surface area (Å²) in [6.07, 6.45) is 7.85. The Morgan fingerprint density at radius 3 is 2.67 bits per heavy atom. The number of nitrogens with zero attached hydrogens (tertiary/aromatic N) is 2. The van der Waals surface area contributed by atoms with Crippen molar-refractivity contribution < 1.29 is 9.53 Å². The van der Waals surface area contributed by atoms with Crippen molar-refractivity contribution in [1.29, 1.82) is 0 Å². The lowest BCUT2D eigenvalue weighted by Crippen LogP contribution is -2.42. The summed E-state index contributed by atoms with van der Waals surface area (Å²) in [5, 5.41) is 3.00. The van der Waals surface area contributed by atoms with Gasteiger partial charge in [-0.2, -0.15) is 0 Å². The zero-order chi connectivity index (χ0) is 19.4. The van der Waals surface area contributed by atoms with Crippen molar-refractivity contribution in [3.63, 3.8) is 0 Å². The predicted molar refractivity (Wildman–Crippen MR) is 112 cm³/mol. The van der Waals surface area contributed by atoms with Crippen LogP contribution in [0, 0.1) is 0 Å². The molecule has 1 saturated heterocycles. The highest BCUT2D eigenvalue weighted by Crippen LogP contribution is 2.35. The lowest BCUT2D eigenvalue weighted by atomic mass is 10.1. The van der Waals surface area contributed by atoms with Crippen molar-refractivity contribution in [2.45, 2.75) is 69.1 Å². The molecular formula is C22H30N2O2S. The Hall–Kier alpha value is -1.75. The summed E-state index contributed by atoms with van der Waals surface area (Å²) in [5.74, 6) is 0. The van der Waals surface area contributed by atoms with Crippen LogP contribution in [0.1, 0.15) is 52.5 Å². The van der Waals surface area contributed by atoms with E-state index >= 15 is 0 Å². The average molecular weight is 387 g/mol. The van der Waals surface area contributed by atoms with Crippen molar-refractivity contribution in [3.05, 3.63) is 36.2 Å². The normalized spacial score (nSPS) is 15.9. The van der Waals surface area contributed by atoms with E-state index in [1.165, 1.54) is 21.2 Å². The second kappa shape index (κ2) is 8.51. The summed E-state index contributed by atoms with van der Waals surface area (Å²) < 4.78 is 5.50. The van der Waals surface area contributed by atoms with Crippen molar-refractivity contribution in [3.8, 4) is 0 Å². The number of aryl methyl sites for hydroxylation is 1. The van der Waals surface area contributed by atoms with E-state index in [0.717, 1.165) is 38.8 Å². The van der Waals surface area contributed by atoms with Crippen molar-refractivity contribution in [1.82, 2.24) is 9.88 Å². The maximum atomic E-state index is 12.3. The van der Waals surface area contributed by atoms with Gasteiger partial charge in [-0.3, -0.25) is 4.98 Å². The monoisotopic (exact) mass is 386 g/mol. The predicted octanol–water partition coefficient (Wildman–Crippen LogP) is 5.68. The van der Waals surface area contributed by atoms with Crippen LogP contribution in [0.15, 0.2) is 35.5 Å². The van der Waals surface area contributed by atoms with E-state index in [2.05, 4.69) is 30.1 Å². The molecule has 0 unspecified atom stereocenters. The summed E-state index contributed by atoms with van der Waals surface area (Å²) in [7, 11) is 0. The maximum Gasteiger partial charge on any atom is 0.410 e. The van der Waals surface area contributed by atoms with Crippen molar-refractivity contribution in [2.24, 2.45) is 0 Å². The fourth-order valence-electron chi connectivity index (χ4n) is 3.40. The van der Waals surface area contributed by atoms with Gasteiger partial charge in [0.05, 0.1) is 0 Å². The summed E-state index contributed by atoms with van der Waals surface area (Å²) in [4.78, 5) is 19.7. The molecule has 5 heteroatoms. The fourth-order valence-corrected chi connectivity index (χ4v) is 4.71. The second-order valence-corrected chi connectivity index (χ2v) is 9.56. The topological polar surface area (TPSA) is 42.4 Å². The van der Waals surface area contributed by atoms with Gasteiger partial charge >= 0.3 is 6.09 Å². The number of benzene rings is 1. The van der Waals surface area contributed by atoms with Crippen LogP contribution >= 0.6 is 11.8 Å². The molecule has 3 rings (SSSR count). The van der Waals surface area contributed by atoms with Crippen molar-refractivity contribution >= 4 is 28.6 Å². The molecule has 0 saturated carbocycles. The van der Waals surface area contributed by atoms with Crippen LogP contribution in [0.5, 0.6) is 0 Å². The molecule has 1 fully saturated rings. The van der Waals surface area contributed by atoms with Gasteiger partial charge < -0.3 is 9.64 Å². The molecular weight excluding hydrogens is 356 g/mol. The molecule has 1 aliphatic heterocycles. The first-order valence-electron chi connectivity index (χ1n) is 9.87. The smallest absolute Gasteiger partial charge is 0.410 e. The average Bonchev–Trinajstić information content (AvgIpc) is 2.61. The van der Waals surface area contributed by atoms with Gasteiger partial charge in [0.1, 0.15) is 5.60 Å². The highest BCUT2D eigenvalue weighted by Gasteiger charge is 2.27. The third-order valence-corrected chi connectivity index (χ3v) is 6.17. The highest BCUT2D eigenvalue weighted by molar-refractivity contribution is 8.00. The van der Waals surface area contributed by atoms with Crippen LogP contribution in [-0.2, 0) is 11.2 Å². The van der Waals surface area contributed by atoms with E-state index in [9.17, 15) is 4.79 Å². The third kappa shape index (κ3) is 5.38. The minimum atomic E-state index is -0.433. The number of amides is 1. The number of hydrogen-bond acceptors (Lipinski definition) is 4. The molecule has 0 bridgehead atoms. The van der Waals surface area contributed by atoms with E-state index in [0.29, 0.717) is 5.25 Å². The largest absolute Gasteiger partial charge is 0.444 e. The van der Waals surface area contributed by atoms with E-state index in [1.54, 1.807) is 0 Å². The van der Waals surface area contributed by atoms with E-state index in [1.807, 2.05) is 49.8 Å². The van der Waals surface area contributed by atoms with Crippen LogP contribution < -0.4 is 0 Å². The SMILES string of the molecule is CCCc1cc2cnccc2cc1SC1CCN(C(=O)OC(C)(C)C)CC1. The van der Waals surface area contributed by atoms with Crippen LogP contribution in [0.3, 0.4) is 0 Å². The lowest BCUT2D eigenvalue weighted by molar-refractivity contribution is 0.0219. The second-order valence-electron chi connectivity index (χ2n) is 8.22. The first kappa shape index (κ1) is 20.0. The first-order chi connectivity index (χ1) is 12.9. The van der Waals surface area contributed by atoms with E-state index in [4.69, 9.17) is 4.74 Å². The Labute approximate surface area is 166 Å².